The van der Waals surface area contributed by atoms with E-state index in [0.717, 1.165) is 12.8 Å². The lowest BCUT2D eigenvalue weighted by molar-refractivity contribution is 0.204. The van der Waals surface area contributed by atoms with Crippen molar-refractivity contribution in [2.45, 2.75) is 44.5 Å². The summed E-state index contributed by atoms with van der Waals surface area (Å²) in [6.45, 7) is 1.74. The second kappa shape index (κ2) is 6.03. The van der Waals surface area contributed by atoms with E-state index in [1.807, 2.05) is 0 Å². The van der Waals surface area contributed by atoms with Crippen LogP contribution in [-0.2, 0) is 6.61 Å². The van der Waals surface area contributed by atoms with Gasteiger partial charge in [-0.05, 0) is 37.5 Å². The Balaban J connectivity index is 1.94. The normalized spacial score (nSPS) is 23.2. The molecule has 140 valence electrons. The molecule has 0 spiro atoms. The number of aromatic nitrogens is 1. The molecule has 2 heterocycles. The summed E-state index contributed by atoms with van der Waals surface area (Å²) in [6, 6.07) is 3.02. The maximum absolute atomic E-state index is 14.9. The van der Waals surface area contributed by atoms with Gasteiger partial charge < -0.3 is 20.3 Å². The third-order valence-electron chi connectivity index (χ3n) is 5.62. The molecule has 0 bridgehead atoms. The van der Waals surface area contributed by atoms with Gasteiger partial charge in [0.2, 0.25) is 0 Å². The van der Waals surface area contributed by atoms with Crippen LogP contribution in [0.1, 0.15) is 36.4 Å². The van der Waals surface area contributed by atoms with Crippen LogP contribution >= 0.6 is 0 Å². The summed E-state index contributed by atoms with van der Waals surface area (Å²) >= 11 is 0. The fraction of sp³-hybridized carbons (Fsp3) is 0.526. The first-order valence-corrected chi connectivity index (χ1v) is 9.00. The van der Waals surface area contributed by atoms with Gasteiger partial charge in [0, 0.05) is 36.5 Å². The Morgan fingerprint density at radius 3 is 2.69 bits per heavy atom. The van der Waals surface area contributed by atoms with Crippen LogP contribution in [0.25, 0.3) is 10.9 Å². The second-order valence-electron chi connectivity index (χ2n) is 7.53. The van der Waals surface area contributed by atoms with Gasteiger partial charge in [-0.15, -0.1) is 0 Å². The summed E-state index contributed by atoms with van der Waals surface area (Å²) in [5.74, 6) is -0.443. The van der Waals surface area contributed by atoms with Crippen molar-refractivity contribution in [3.05, 3.63) is 39.4 Å². The van der Waals surface area contributed by atoms with Gasteiger partial charge in [0.15, 0.2) is 0 Å². The zero-order chi connectivity index (χ0) is 18.6. The molecule has 1 atom stereocenters. The topological polar surface area (TPSA) is 71.5 Å². The first-order chi connectivity index (χ1) is 12.4. The SMILES string of the molecule is Cc1c(N2CCC(F)(CN)C2)c(F)cc2cc(CO)c(=O)n(C3CC3)c12. The molecule has 1 aliphatic carbocycles. The number of halogens is 2. The molecule has 1 aliphatic heterocycles. The third-order valence-corrected chi connectivity index (χ3v) is 5.62. The smallest absolute Gasteiger partial charge is 0.256 e. The molecule has 5 nitrogen and oxygen atoms in total. The van der Waals surface area contributed by atoms with E-state index in [4.69, 9.17) is 5.73 Å². The van der Waals surface area contributed by atoms with E-state index >= 15 is 0 Å². The summed E-state index contributed by atoms with van der Waals surface area (Å²) in [4.78, 5) is 14.4. The van der Waals surface area contributed by atoms with Gasteiger partial charge in [-0.2, -0.15) is 0 Å². The highest BCUT2D eigenvalue weighted by Gasteiger charge is 2.39. The van der Waals surface area contributed by atoms with Gasteiger partial charge in [-0.1, -0.05) is 0 Å². The molecule has 2 aliphatic rings. The second-order valence-corrected chi connectivity index (χ2v) is 7.53. The lowest BCUT2D eigenvalue weighted by atomic mass is 10.0. The molecule has 2 aromatic rings. The fourth-order valence-corrected chi connectivity index (χ4v) is 4.09. The average molecular weight is 363 g/mol. The highest BCUT2D eigenvalue weighted by Crippen LogP contribution is 2.40. The quantitative estimate of drug-likeness (QED) is 0.873. The minimum atomic E-state index is -1.51. The number of pyridine rings is 1. The molecular formula is C19H23F2N3O2. The number of aliphatic hydroxyl groups is 1. The van der Waals surface area contributed by atoms with Gasteiger partial charge in [-0.3, -0.25) is 4.79 Å². The number of aliphatic hydroxyl groups excluding tert-OH is 1. The molecule has 3 N–H and O–H groups in total. The van der Waals surface area contributed by atoms with Crippen LogP contribution in [0, 0.1) is 12.7 Å². The van der Waals surface area contributed by atoms with E-state index in [0.29, 0.717) is 28.7 Å². The van der Waals surface area contributed by atoms with Gasteiger partial charge in [-0.25, -0.2) is 8.78 Å². The minimum absolute atomic E-state index is 0.0507. The summed E-state index contributed by atoms with van der Waals surface area (Å²) in [5, 5.41) is 10.1. The first-order valence-electron chi connectivity index (χ1n) is 9.00. The Kier molecular flexibility index (Phi) is 4.04. The lowest BCUT2D eigenvalue weighted by Crippen LogP contribution is -2.36. The van der Waals surface area contributed by atoms with Crippen molar-refractivity contribution in [3.63, 3.8) is 0 Å². The Labute approximate surface area is 150 Å². The van der Waals surface area contributed by atoms with E-state index in [2.05, 4.69) is 0 Å². The number of nitrogens with zero attached hydrogens (tertiary/aromatic N) is 2. The predicted octanol–water partition coefficient (Wildman–Crippen LogP) is 2.15. The van der Waals surface area contributed by atoms with Crippen molar-refractivity contribution in [1.82, 2.24) is 4.57 Å². The van der Waals surface area contributed by atoms with Crippen LogP contribution in [0.3, 0.4) is 0 Å². The highest BCUT2D eigenvalue weighted by molar-refractivity contribution is 5.88. The number of hydrogen-bond donors (Lipinski definition) is 2. The predicted molar refractivity (Wildman–Crippen MR) is 96.8 cm³/mol. The lowest BCUT2D eigenvalue weighted by Gasteiger charge is -2.25. The van der Waals surface area contributed by atoms with Crippen molar-refractivity contribution < 1.29 is 13.9 Å². The number of hydrogen-bond acceptors (Lipinski definition) is 4. The number of rotatable bonds is 4. The number of alkyl halides is 1. The van der Waals surface area contributed by atoms with Crippen LogP contribution in [0.4, 0.5) is 14.5 Å². The van der Waals surface area contributed by atoms with Gasteiger partial charge >= 0.3 is 0 Å². The van der Waals surface area contributed by atoms with E-state index in [1.165, 1.54) is 6.07 Å². The molecular weight excluding hydrogens is 340 g/mol. The van der Waals surface area contributed by atoms with Crippen molar-refractivity contribution in [1.29, 1.82) is 0 Å². The number of benzene rings is 1. The molecule has 1 aromatic heterocycles. The van der Waals surface area contributed by atoms with E-state index in [-0.39, 0.29) is 43.3 Å². The average Bonchev–Trinajstić information content (AvgIpc) is 3.37. The monoisotopic (exact) mass is 363 g/mol. The molecule has 0 radical (unpaired) electrons. The van der Waals surface area contributed by atoms with Crippen LogP contribution in [0.2, 0.25) is 0 Å². The minimum Gasteiger partial charge on any atom is -0.391 e. The molecule has 26 heavy (non-hydrogen) atoms. The van der Waals surface area contributed by atoms with E-state index < -0.39 is 11.5 Å². The molecule has 0 amide bonds. The largest absolute Gasteiger partial charge is 0.391 e. The van der Waals surface area contributed by atoms with Crippen LogP contribution in [0.5, 0.6) is 0 Å². The fourth-order valence-electron chi connectivity index (χ4n) is 4.09. The molecule has 1 saturated carbocycles. The van der Waals surface area contributed by atoms with Crippen molar-refractivity contribution >= 4 is 16.6 Å². The highest BCUT2D eigenvalue weighted by atomic mass is 19.1. The summed E-state index contributed by atoms with van der Waals surface area (Å²) < 4.78 is 31.2. The summed E-state index contributed by atoms with van der Waals surface area (Å²) in [6.07, 6.45) is 2.04. The zero-order valence-electron chi connectivity index (χ0n) is 14.8. The standard InChI is InChI=1S/C19H23F2N3O2/c1-11-16-12(6-13(8-25)18(26)24(16)14-2-3-14)7-15(20)17(11)23-5-4-19(21,9-22)10-23/h6-7,14,25H,2-5,8-10,22H2,1H3. The third kappa shape index (κ3) is 2.61. The zero-order valence-corrected chi connectivity index (χ0v) is 14.8. The Morgan fingerprint density at radius 2 is 2.12 bits per heavy atom. The first kappa shape index (κ1) is 17.4. The number of aryl methyl sites for hydroxylation is 1. The van der Waals surface area contributed by atoms with Crippen molar-refractivity contribution in [2.75, 3.05) is 24.5 Å². The Bertz CT molecular complexity index is 939. The molecule has 1 saturated heterocycles. The molecule has 1 aromatic carbocycles. The number of nitrogens with two attached hydrogens (primary N) is 1. The number of anilines is 1. The van der Waals surface area contributed by atoms with Crippen molar-refractivity contribution in [3.8, 4) is 0 Å². The van der Waals surface area contributed by atoms with E-state index in [1.54, 1.807) is 22.5 Å². The maximum atomic E-state index is 14.9. The van der Waals surface area contributed by atoms with Crippen molar-refractivity contribution in [2.24, 2.45) is 5.73 Å². The molecule has 4 rings (SSSR count). The molecule has 2 fully saturated rings. The molecule has 1 unspecified atom stereocenters. The summed E-state index contributed by atoms with van der Waals surface area (Å²) in [7, 11) is 0. The van der Waals surface area contributed by atoms with Gasteiger partial charge in [0.1, 0.15) is 11.5 Å². The van der Waals surface area contributed by atoms with E-state index in [9.17, 15) is 18.7 Å². The Hall–Kier alpha value is -1.99. The van der Waals surface area contributed by atoms with Crippen LogP contribution in [-0.4, -0.2) is 35.0 Å². The van der Waals surface area contributed by atoms with Gasteiger partial charge in [0.05, 0.1) is 24.4 Å². The maximum Gasteiger partial charge on any atom is 0.256 e. The molecule has 7 heteroatoms. The Morgan fingerprint density at radius 1 is 1.38 bits per heavy atom. The summed E-state index contributed by atoms with van der Waals surface area (Å²) in [5.41, 5.74) is 5.72. The number of fused-ring (bicyclic) bond motifs is 1. The van der Waals surface area contributed by atoms with Crippen LogP contribution < -0.4 is 16.2 Å². The van der Waals surface area contributed by atoms with Gasteiger partial charge in [0.25, 0.3) is 5.56 Å². The van der Waals surface area contributed by atoms with Crippen LogP contribution in [0.15, 0.2) is 16.9 Å².